The fourth-order valence-corrected chi connectivity index (χ4v) is 1.68. The Kier molecular flexibility index (Phi) is 4.39. The molecule has 1 rings (SSSR count). The van der Waals surface area contributed by atoms with Crippen molar-refractivity contribution in [2.75, 3.05) is 5.88 Å². The molecular weight excluding hydrogens is 224 g/mol. The predicted molar refractivity (Wildman–Crippen MR) is 65.1 cm³/mol. The number of benzene rings is 1. The second-order valence-electron chi connectivity index (χ2n) is 3.53. The average Bonchev–Trinajstić information content (AvgIpc) is 2.16. The Bertz CT molecular complexity index is 444. The summed E-state index contributed by atoms with van der Waals surface area (Å²) in [6, 6.07) is 3.58. The van der Waals surface area contributed by atoms with Gasteiger partial charge in [0.1, 0.15) is 0 Å². The highest BCUT2D eigenvalue weighted by Gasteiger charge is 2.10. The van der Waals surface area contributed by atoms with Crippen molar-refractivity contribution in [2.45, 2.75) is 20.3 Å². The van der Waals surface area contributed by atoms with Crippen LogP contribution in [-0.4, -0.2) is 17.0 Å². The van der Waals surface area contributed by atoms with E-state index >= 15 is 0 Å². The second-order valence-corrected chi connectivity index (χ2v) is 3.91. The van der Waals surface area contributed by atoms with Gasteiger partial charge in [-0.1, -0.05) is 11.8 Å². The average molecular weight is 237 g/mol. The normalized spacial score (nSPS) is 9.44. The van der Waals surface area contributed by atoms with E-state index in [-0.39, 0.29) is 0 Å². The Morgan fingerprint density at radius 1 is 1.38 bits per heavy atom. The van der Waals surface area contributed by atoms with Gasteiger partial charge in [0.25, 0.3) is 0 Å². The van der Waals surface area contributed by atoms with Crippen molar-refractivity contribution < 1.29 is 9.90 Å². The largest absolute Gasteiger partial charge is 0.478 e. The summed E-state index contributed by atoms with van der Waals surface area (Å²) in [4.78, 5) is 11.0. The van der Waals surface area contributed by atoms with Crippen LogP contribution in [0.3, 0.4) is 0 Å². The van der Waals surface area contributed by atoms with Crippen LogP contribution in [0.1, 0.15) is 33.5 Å². The maximum absolute atomic E-state index is 11.0. The number of hydrogen-bond acceptors (Lipinski definition) is 1. The zero-order valence-electron chi connectivity index (χ0n) is 9.30. The van der Waals surface area contributed by atoms with Crippen LogP contribution in [0.25, 0.3) is 0 Å². The standard InChI is InChI=1S/C13H13ClO2/c1-9-7-11(5-3-4-6-14)8-10(2)12(9)13(15)16/h7-8H,4,6H2,1-2H3,(H,15,16). The molecular formula is C13H13ClO2. The molecule has 0 aliphatic carbocycles. The van der Waals surface area contributed by atoms with E-state index in [0.717, 1.165) is 16.7 Å². The summed E-state index contributed by atoms with van der Waals surface area (Å²) in [5, 5.41) is 9.00. The van der Waals surface area contributed by atoms with Crippen molar-refractivity contribution in [1.29, 1.82) is 0 Å². The first-order chi connectivity index (χ1) is 7.56. The van der Waals surface area contributed by atoms with E-state index in [1.165, 1.54) is 0 Å². The van der Waals surface area contributed by atoms with E-state index in [2.05, 4.69) is 11.8 Å². The first kappa shape index (κ1) is 12.6. The number of carbonyl (C=O) groups is 1. The molecule has 0 aliphatic rings. The van der Waals surface area contributed by atoms with Crippen molar-refractivity contribution in [3.63, 3.8) is 0 Å². The summed E-state index contributed by atoms with van der Waals surface area (Å²) in [5.74, 6) is 5.51. The van der Waals surface area contributed by atoms with Gasteiger partial charge in [0.15, 0.2) is 0 Å². The molecule has 0 amide bonds. The quantitative estimate of drug-likeness (QED) is 0.633. The lowest BCUT2D eigenvalue weighted by Gasteiger charge is -2.05. The number of carboxylic acids is 1. The number of aryl methyl sites for hydroxylation is 2. The third kappa shape index (κ3) is 3.01. The monoisotopic (exact) mass is 236 g/mol. The first-order valence-electron chi connectivity index (χ1n) is 4.95. The lowest BCUT2D eigenvalue weighted by molar-refractivity contribution is 0.0695. The lowest BCUT2D eigenvalue weighted by atomic mass is 9.99. The Labute approximate surface area is 100 Å². The minimum absolute atomic E-state index is 0.364. The predicted octanol–water partition coefficient (Wildman–Crippen LogP) is 2.98. The van der Waals surface area contributed by atoms with Crippen molar-refractivity contribution in [1.82, 2.24) is 0 Å². The highest BCUT2D eigenvalue weighted by molar-refractivity contribution is 6.18. The van der Waals surface area contributed by atoms with Gasteiger partial charge in [-0.3, -0.25) is 0 Å². The molecule has 0 aromatic heterocycles. The summed E-state index contributed by atoms with van der Waals surface area (Å²) >= 11 is 5.52. The van der Waals surface area contributed by atoms with Gasteiger partial charge in [0, 0.05) is 17.9 Å². The third-order valence-electron chi connectivity index (χ3n) is 2.20. The summed E-state index contributed by atoms with van der Waals surface area (Å²) in [7, 11) is 0. The summed E-state index contributed by atoms with van der Waals surface area (Å²) < 4.78 is 0. The van der Waals surface area contributed by atoms with Gasteiger partial charge in [-0.25, -0.2) is 4.79 Å². The smallest absolute Gasteiger partial charge is 0.336 e. The molecule has 0 unspecified atom stereocenters. The number of alkyl halides is 1. The summed E-state index contributed by atoms with van der Waals surface area (Å²) in [5.41, 5.74) is 2.68. The third-order valence-corrected chi connectivity index (χ3v) is 2.39. The van der Waals surface area contributed by atoms with E-state index in [9.17, 15) is 4.79 Å². The molecule has 0 heterocycles. The number of aromatic carboxylic acids is 1. The van der Waals surface area contributed by atoms with E-state index in [0.29, 0.717) is 17.9 Å². The van der Waals surface area contributed by atoms with Crippen LogP contribution in [0.4, 0.5) is 0 Å². The molecule has 0 bridgehead atoms. The van der Waals surface area contributed by atoms with Crippen LogP contribution >= 0.6 is 11.6 Å². The van der Waals surface area contributed by atoms with E-state index < -0.39 is 5.97 Å². The second kappa shape index (κ2) is 5.58. The van der Waals surface area contributed by atoms with Gasteiger partial charge in [0.2, 0.25) is 0 Å². The van der Waals surface area contributed by atoms with Crippen molar-refractivity contribution >= 4 is 17.6 Å². The van der Waals surface area contributed by atoms with Crippen LogP contribution in [0.15, 0.2) is 12.1 Å². The summed E-state index contributed by atoms with van der Waals surface area (Å²) in [6.07, 6.45) is 0.639. The highest BCUT2D eigenvalue weighted by Crippen LogP contribution is 2.16. The van der Waals surface area contributed by atoms with Gasteiger partial charge in [-0.05, 0) is 37.1 Å². The maximum atomic E-state index is 11.0. The van der Waals surface area contributed by atoms with Crippen LogP contribution in [0, 0.1) is 25.7 Å². The van der Waals surface area contributed by atoms with Crippen LogP contribution in [-0.2, 0) is 0 Å². The molecule has 0 fully saturated rings. The highest BCUT2D eigenvalue weighted by atomic mass is 35.5. The van der Waals surface area contributed by atoms with Crippen molar-refractivity contribution in [2.24, 2.45) is 0 Å². The molecule has 16 heavy (non-hydrogen) atoms. The van der Waals surface area contributed by atoms with Gasteiger partial charge < -0.3 is 5.11 Å². The van der Waals surface area contributed by atoms with Gasteiger partial charge in [-0.2, -0.15) is 0 Å². The Hall–Kier alpha value is -1.46. The van der Waals surface area contributed by atoms with Crippen molar-refractivity contribution in [3.05, 3.63) is 34.4 Å². The van der Waals surface area contributed by atoms with E-state index in [1.807, 2.05) is 0 Å². The fraction of sp³-hybridized carbons (Fsp3) is 0.308. The van der Waals surface area contributed by atoms with Gasteiger partial charge in [0.05, 0.1) is 5.56 Å². The van der Waals surface area contributed by atoms with Crippen LogP contribution in [0.2, 0.25) is 0 Å². The van der Waals surface area contributed by atoms with Gasteiger partial charge in [-0.15, -0.1) is 11.6 Å². The Morgan fingerprint density at radius 3 is 2.38 bits per heavy atom. The minimum atomic E-state index is -0.893. The number of rotatable bonds is 2. The maximum Gasteiger partial charge on any atom is 0.336 e. The molecule has 1 aromatic rings. The molecule has 0 aliphatic heterocycles. The number of carboxylic acid groups (broad SMARTS) is 1. The molecule has 84 valence electrons. The summed E-state index contributed by atoms with van der Waals surface area (Å²) in [6.45, 7) is 3.56. The molecule has 2 nitrogen and oxygen atoms in total. The fourth-order valence-electron chi connectivity index (χ4n) is 1.58. The molecule has 0 spiro atoms. The Balaban J connectivity index is 3.11. The Morgan fingerprint density at radius 2 is 1.94 bits per heavy atom. The van der Waals surface area contributed by atoms with Crippen LogP contribution < -0.4 is 0 Å². The van der Waals surface area contributed by atoms with Gasteiger partial charge >= 0.3 is 5.97 Å². The SMILES string of the molecule is Cc1cc(C#CCCCl)cc(C)c1C(=O)O. The molecule has 1 aromatic carbocycles. The van der Waals surface area contributed by atoms with Crippen LogP contribution in [0.5, 0.6) is 0 Å². The molecule has 0 atom stereocenters. The lowest BCUT2D eigenvalue weighted by Crippen LogP contribution is -2.03. The zero-order chi connectivity index (χ0) is 12.1. The van der Waals surface area contributed by atoms with Crippen molar-refractivity contribution in [3.8, 4) is 11.8 Å². The number of halogens is 1. The topological polar surface area (TPSA) is 37.3 Å². The molecule has 0 radical (unpaired) electrons. The molecule has 0 saturated heterocycles. The molecule has 0 saturated carbocycles. The molecule has 3 heteroatoms. The first-order valence-corrected chi connectivity index (χ1v) is 5.49. The molecule has 1 N–H and O–H groups in total. The minimum Gasteiger partial charge on any atom is -0.478 e. The van der Waals surface area contributed by atoms with E-state index in [1.54, 1.807) is 26.0 Å². The number of hydrogen-bond donors (Lipinski definition) is 1. The zero-order valence-corrected chi connectivity index (χ0v) is 10.1. The van der Waals surface area contributed by atoms with E-state index in [4.69, 9.17) is 16.7 Å².